The van der Waals surface area contributed by atoms with Gasteiger partial charge in [0.2, 0.25) is 0 Å². The van der Waals surface area contributed by atoms with Crippen LogP contribution in [0.5, 0.6) is 0 Å². The number of aryl methyl sites for hydroxylation is 1. The number of benzene rings is 1. The number of halogens is 2. The molecule has 1 heterocycles. The molecule has 6 heteroatoms. The van der Waals surface area contributed by atoms with Crippen molar-refractivity contribution in [3.8, 4) is 0 Å². The van der Waals surface area contributed by atoms with E-state index >= 15 is 0 Å². The molecule has 3 nitrogen and oxygen atoms in total. The number of hydrogen-bond donors (Lipinski definition) is 0. The van der Waals surface area contributed by atoms with Gasteiger partial charge in [-0.3, -0.25) is 9.36 Å². The Hall–Kier alpha value is -0.970. The number of thioether (sulfide) groups is 1. The standard InChI is InChI=1S/C13H12Cl2N2OS/c1-8-5-12(18)17(13(16-8)19-2)7-9-3-4-10(14)6-11(9)15/h3-6H,7H2,1-2H3. The Morgan fingerprint density at radius 1 is 1.32 bits per heavy atom. The second-order valence-electron chi connectivity index (χ2n) is 4.04. The molecular weight excluding hydrogens is 303 g/mol. The van der Waals surface area contributed by atoms with Gasteiger partial charge in [0.25, 0.3) is 5.56 Å². The normalized spacial score (nSPS) is 10.7. The monoisotopic (exact) mass is 314 g/mol. The Morgan fingerprint density at radius 2 is 2.05 bits per heavy atom. The quantitative estimate of drug-likeness (QED) is 0.641. The average Bonchev–Trinajstić information content (AvgIpc) is 2.34. The predicted molar refractivity (Wildman–Crippen MR) is 80.6 cm³/mol. The van der Waals surface area contributed by atoms with Crippen molar-refractivity contribution in [2.24, 2.45) is 0 Å². The van der Waals surface area contributed by atoms with Crippen LogP contribution in [0.4, 0.5) is 0 Å². The van der Waals surface area contributed by atoms with Crippen LogP contribution in [0, 0.1) is 6.92 Å². The Bertz CT molecular complexity index is 670. The lowest BCUT2D eigenvalue weighted by molar-refractivity contribution is 0.639. The summed E-state index contributed by atoms with van der Waals surface area (Å²) in [5.74, 6) is 0. The Labute approximate surface area is 125 Å². The van der Waals surface area contributed by atoms with E-state index in [-0.39, 0.29) is 5.56 Å². The summed E-state index contributed by atoms with van der Waals surface area (Å²) >= 11 is 13.4. The topological polar surface area (TPSA) is 34.9 Å². The molecule has 0 spiro atoms. The molecule has 19 heavy (non-hydrogen) atoms. The van der Waals surface area contributed by atoms with Gasteiger partial charge in [-0.05, 0) is 30.9 Å². The van der Waals surface area contributed by atoms with Crippen molar-refractivity contribution in [3.05, 3.63) is 55.9 Å². The first-order valence-electron chi connectivity index (χ1n) is 5.57. The molecule has 0 saturated heterocycles. The van der Waals surface area contributed by atoms with Crippen LogP contribution in [0.3, 0.4) is 0 Å². The summed E-state index contributed by atoms with van der Waals surface area (Å²) in [6, 6.07) is 6.77. The first-order valence-corrected chi connectivity index (χ1v) is 7.55. The molecule has 0 aliphatic heterocycles. The SMILES string of the molecule is CSc1nc(C)cc(=O)n1Cc1ccc(Cl)cc1Cl. The molecule has 0 unspecified atom stereocenters. The third-order valence-corrected chi connectivity index (χ3v) is 3.89. The van der Waals surface area contributed by atoms with E-state index < -0.39 is 0 Å². The smallest absolute Gasteiger partial charge is 0.254 e. The molecule has 0 saturated carbocycles. The summed E-state index contributed by atoms with van der Waals surface area (Å²) in [5.41, 5.74) is 1.48. The van der Waals surface area contributed by atoms with Crippen molar-refractivity contribution < 1.29 is 0 Å². The van der Waals surface area contributed by atoms with E-state index in [9.17, 15) is 4.79 Å². The second kappa shape index (κ2) is 5.99. The maximum atomic E-state index is 12.0. The lowest BCUT2D eigenvalue weighted by atomic mass is 10.2. The molecule has 2 rings (SSSR count). The lowest BCUT2D eigenvalue weighted by Gasteiger charge is -2.12. The van der Waals surface area contributed by atoms with Crippen molar-refractivity contribution in [3.63, 3.8) is 0 Å². The fourth-order valence-corrected chi connectivity index (χ4v) is 2.79. The van der Waals surface area contributed by atoms with Gasteiger partial charge < -0.3 is 0 Å². The number of hydrogen-bond acceptors (Lipinski definition) is 3. The highest BCUT2D eigenvalue weighted by Crippen LogP contribution is 2.22. The van der Waals surface area contributed by atoms with Crippen LogP contribution >= 0.6 is 35.0 Å². The second-order valence-corrected chi connectivity index (χ2v) is 5.66. The third kappa shape index (κ3) is 3.32. The Morgan fingerprint density at radius 3 is 2.68 bits per heavy atom. The van der Waals surface area contributed by atoms with E-state index in [1.165, 1.54) is 17.8 Å². The predicted octanol–water partition coefficient (Wildman–Crippen LogP) is 3.63. The van der Waals surface area contributed by atoms with Crippen molar-refractivity contribution in [1.82, 2.24) is 9.55 Å². The van der Waals surface area contributed by atoms with E-state index in [4.69, 9.17) is 23.2 Å². The van der Waals surface area contributed by atoms with Gasteiger partial charge in [-0.25, -0.2) is 4.98 Å². The van der Waals surface area contributed by atoms with E-state index in [1.54, 1.807) is 23.6 Å². The van der Waals surface area contributed by atoms with Crippen LogP contribution in [-0.4, -0.2) is 15.8 Å². The average molecular weight is 315 g/mol. The molecule has 2 aromatic rings. The van der Waals surface area contributed by atoms with Gasteiger partial charge in [-0.2, -0.15) is 0 Å². The molecule has 0 bridgehead atoms. The van der Waals surface area contributed by atoms with Crippen LogP contribution < -0.4 is 5.56 Å². The summed E-state index contributed by atoms with van der Waals surface area (Å²) in [6.07, 6.45) is 1.89. The Balaban J connectivity index is 2.46. The zero-order chi connectivity index (χ0) is 14.0. The first kappa shape index (κ1) is 14.4. The van der Waals surface area contributed by atoms with Gasteiger partial charge >= 0.3 is 0 Å². The molecule has 1 aromatic carbocycles. The maximum absolute atomic E-state index is 12.0. The molecule has 100 valence electrons. The van der Waals surface area contributed by atoms with Gasteiger partial charge in [0, 0.05) is 21.8 Å². The van der Waals surface area contributed by atoms with Crippen LogP contribution in [0.15, 0.2) is 34.2 Å². The number of aromatic nitrogens is 2. The minimum atomic E-state index is -0.0807. The van der Waals surface area contributed by atoms with E-state index in [1.807, 2.05) is 12.3 Å². The van der Waals surface area contributed by atoms with Crippen molar-refractivity contribution in [2.75, 3.05) is 6.26 Å². The van der Waals surface area contributed by atoms with E-state index in [0.29, 0.717) is 27.4 Å². The molecule has 0 aliphatic carbocycles. The lowest BCUT2D eigenvalue weighted by Crippen LogP contribution is -2.23. The summed E-state index contributed by atoms with van der Waals surface area (Å²) in [7, 11) is 0. The third-order valence-electron chi connectivity index (χ3n) is 2.63. The summed E-state index contributed by atoms with van der Waals surface area (Å²) in [5, 5.41) is 1.80. The molecule has 0 amide bonds. The summed E-state index contributed by atoms with van der Waals surface area (Å²) in [4.78, 5) is 16.4. The van der Waals surface area contributed by atoms with Crippen LogP contribution in [0.25, 0.3) is 0 Å². The van der Waals surface area contributed by atoms with Gasteiger partial charge in [0.05, 0.1) is 6.54 Å². The fourth-order valence-electron chi connectivity index (χ4n) is 1.72. The Kier molecular flexibility index (Phi) is 4.55. The van der Waals surface area contributed by atoms with Crippen molar-refractivity contribution in [2.45, 2.75) is 18.6 Å². The first-order chi connectivity index (χ1) is 9.01. The minimum Gasteiger partial charge on any atom is -0.283 e. The van der Waals surface area contributed by atoms with Crippen LogP contribution in [0.2, 0.25) is 10.0 Å². The minimum absolute atomic E-state index is 0.0807. The number of rotatable bonds is 3. The van der Waals surface area contributed by atoms with Gasteiger partial charge in [0.1, 0.15) is 0 Å². The maximum Gasteiger partial charge on any atom is 0.254 e. The number of nitrogens with zero attached hydrogens (tertiary/aromatic N) is 2. The van der Waals surface area contributed by atoms with Crippen LogP contribution in [-0.2, 0) is 6.54 Å². The van der Waals surface area contributed by atoms with Gasteiger partial charge in [-0.1, -0.05) is 41.0 Å². The zero-order valence-electron chi connectivity index (χ0n) is 10.5. The highest BCUT2D eigenvalue weighted by atomic mass is 35.5. The molecule has 0 N–H and O–H groups in total. The van der Waals surface area contributed by atoms with Gasteiger partial charge in [-0.15, -0.1) is 0 Å². The molecule has 0 radical (unpaired) electrons. The summed E-state index contributed by atoms with van der Waals surface area (Å²) in [6.45, 7) is 2.19. The molecule has 0 atom stereocenters. The van der Waals surface area contributed by atoms with Crippen molar-refractivity contribution in [1.29, 1.82) is 0 Å². The summed E-state index contributed by atoms with van der Waals surface area (Å²) < 4.78 is 1.60. The fraction of sp³-hybridized carbons (Fsp3) is 0.231. The molecular formula is C13H12Cl2N2OS. The highest BCUT2D eigenvalue weighted by molar-refractivity contribution is 7.98. The molecule has 1 aromatic heterocycles. The van der Waals surface area contributed by atoms with E-state index in [2.05, 4.69) is 4.98 Å². The molecule has 0 fully saturated rings. The largest absolute Gasteiger partial charge is 0.283 e. The van der Waals surface area contributed by atoms with Gasteiger partial charge in [0.15, 0.2) is 5.16 Å². The van der Waals surface area contributed by atoms with Crippen LogP contribution in [0.1, 0.15) is 11.3 Å². The van der Waals surface area contributed by atoms with Crippen molar-refractivity contribution >= 4 is 35.0 Å². The zero-order valence-corrected chi connectivity index (χ0v) is 12.8. The van der Waals surface area contributed by atoms with E-state index in [0.717, 1.165) is 5.56 Å². The molecule has 0 aliphatic rings. The highest BCUT2D eigenvalue weighted by Gasteiger charge is 2.09.